The van der Waals surface area contributed by atoms with E-state index in [2.05, 4.69) is 11.1 Å². The Balaban J connectivity index is 1.28. The molecule has 5 nitrogen and oxygen atoms in total. The van der Waals surface area contributed by atoms with E-state index in [1.54, 1.807) is 0 Å². The SMILES string of the molecule is CCC(=O)OCCCCCCCCCCCCCCc1cc2oc(=O)c(-c3cc(C)ccc3C)cc2cn1. The molecule has 0 N–H and O–H groups in total. The topological polar surface area (TPSA) is 69.4 Å². The molecule has 0 aliphatic heterocycles. The average molecular weight is 520 g/mol. The van der Waals surface area contributed by atoms with Crippen molar-refractivity contribution in [1.29, 1.82) is 0 Å². The number of nitrogens with zero attached hydrogens (tertiary/aromatic N) is 1. The standard InChI is InChI=1S/C33H45NO4/c1-4-32(35)37-20-16-14-12-10-8-6-5-7-9-11-13-15-17-28-23-31-27(24-34-28)22-30(33(36)38-31)29-21-25(2)18-19-26(29)3/h18-19,21-24H,4-17,20H2,1-3H3. The van der Waals surface area contributed by atoms with Gasteiger partial charge in [0.05, 0.1) is 12.2 Å². The van der Waals surface area contributed by atoms with Crippen LogP contribution in [0.15, 0.2) is 45.7 Å². The number of aromatic nitrogens is 1. The first kappa shape index (κ1) is 29.6. The lowest BCUT2D eigenvalue weighted by molar-refractivity contribution is -0.143. The number of pyridine rings is 1. The highest BCUT2D eigenvalue weighted by atomic mass is 16.5. The van der Waals surface area contributed by atoms with Gasteiger partial charge in [-0.2, -0.15) is 0 Å². The molecular formula is C33H45NO4. The van der Waals surface area contributed by atoms with Crippen LogP contribution in [0.2, 0.25) is 0 Å². The minimum atomic E-state index is -0.293. The first-order valence-corrected chi connectivity index (χ1v) is 14.6. The van der Waals surface area contributed by atoms with E-state index >= 15 is 0 Å². The van der Waals surface area contributed by atoms with Crippen LogP contribution in [0.1, 0.15) is 107 Å². The van der Waals surface area contributed by atoms with E-state index in [9.17, 15) is 9.59 Å². The molecule has 2 heterocycles. The minimum absolute atomic E-state index is 0.0897. The normalized spacial score (nSPS) is 11.2. The van der Waals surface area contributed by atoms with Crippen molar-refractivity contribution in [3.63, 3.8) is 0 Å². The second-order valence-corrected chi connectivity index (χ2v) is 10.5. The summed E-state index contributed by atoms with van der Waals surface area (Å²) in [5, 5.41) is 0.863. The summed E-state index contributed by atoms with van der Waals surface area (Å²) in [5.74, 6) is -0.0897. The summed E-state index contributed by atoms with van der Waals surface area (Å²) in [6.07, 6.45) is 18.0. The number of rotatable bonds is 17. The van der Waals surface area contributed by atoms with Gasteiger partial charge in [0.25, 0.3) is 0 Å². The van der Waals surface area contributed by atoms with Crippen LogP contribution in [0.3, 0.4) is 0 Å². The zero-order valence-electron chi connectivity index (χ0n) is 23.7. The molecule has 206 valence electrons. The van der Waals surface area contributed by atoms with E-state index in [1.165, 1.54) is 57.8 Å². The molecule has 0 aliphatic rings. The largest absolute Gasteiger partial charge is 0.466 e. The lowest BCUT2D eigenvalue weighted by Gasteiger charge is -2.08. The van der Waals surface area contributed by atoms with Gasteiger partial charge in [0.2, 0.25) is 0 Å². The molecule has 38 heavy (non-hydrogen) atoms. The number of esters is 1. The molecule has 0 aliphatic carbocycles. The van der Waals surface area contributed by atoms with Gasteiger partial charge in [-0.3, -0.25) is 9.78 Å². The highest BCUT2D eigenvalue weighted by Crippen LogP contribution is 2.25. The Morgan fingerprint density at radius 3 is 2.11 bits per heavy atom. The van der Waals surface area contributed by atoms with Crippen molar-refractivity contribution >= 4 is 16.9 Å². The van der Waals surface area contributed by atoms with Crippen LogP contribution in [0.25, 0.3) is 22.1 Å². The fourth-order valence-electron chi connectivity index (χ4n) is 4.87. The fourth-order valence-corrected chi connectivity index (χ4v) is 4.87. The lowest BCUT2D eigenvalue weighted by Crippen LogP contribution is -2.04. The lowest BCUT2D eigenvalue weighted by atomic mass is 9.99. The van der Waals surface area contributed by atoms with Gasteiger partial charge in [0.1, 0.15) is 5.58 Å². The van der Waals surface area contributed by atoms with Crippen molar-refractivity contribution in [3.8, 4) is 11.1 Å². The zero-order chi connectivity index (χ0) is 27.2. The van der Waals surface area contributed by atoms with Crippen molar-refractivity contribution < 1.29 is 13.9 Å². The molecule has 2 aromatic heterocycles. The quantitative estimate of drug-likeness (QED) is 0.132. The van der Waals surface area contributed by atoms with Crippen LogP contribution in [-0.4, -0.2) is 17.6 Å². The number of hydrogen-bond acceptors (Lipinski definition) is 5. The summed E-state index contributed by atoms with van der Waals surface area (Å²) >= 11 is 0. The first-order valence-electron chi connectivity index (χ1n) is 14.6. The number of fused-ring (bicyclic) bond motifs is 1. The number of unbranched alkanes of at least 4 members (excludes halogenated alkanes) is 11. The predicted molar refractivity (Wildman–Crippen MR) is 156 cm³/mol. The maximum atomic E-state index is 12.7. The number of carbonyl (C=O) groups excluding carboxylic acids is 1. The Hall–Kier alpha value is -2.95. The van der Waals surface area contributed by atoms with Crippen molar-refractivity contribution in [3.05, 3.63) is 63.8 Å². The van der Waals surface area contributed by atoms with Crippen molar-refractivity contribution in [1.82, 2.24) is 4.98 Å². The molecule has 0 amide bonds. The molecule has 0 spiro atoms. The molecule has 3 rings (SSSR count). The van der Waals surface area contributed by atoms with Crippen molar-refractivity contribution in [2.24, 2.45) is 0 Å². The van der Waals surface area contributed by atoms with Crippen LogP contribution in [0.4, 0.5) is 0 Å². The van der Waals surface area contributed by atoms with E-state index in [-0.39, 0.29) is 11.6 Å². The van der Waals surface area contributed by atoms with Gasteiger partial charge < -0.3 is 9.15 Å². The second-order valence-electron chi connectivity index (χ2n) is 10.5. The van der Waals surface area contributed by atoms with E-state index in [1.807, 2.05) is 51.2 Å². The number of benzene rings is 1. The van der Waals surface area contributed by atoms with E-state index in [4.69, 9.17) is 9.15 Å². The fraction of sp³-hybridized carbons (Fsp3) is 0.545. The average Bonchev–Trinajstić information content (AvgIpc) is 2.91. The molecule has 0 saturated carbocycles. The van der Waals surface area contributed by atoms with Crippen molar-refractivity contribution in [2.75, 3.05) is 6.61 Å². The van der Waals surface area contributed by atoms with Gasteiger partial charge in [-0.05, 0) is 50.3 Å². The van der Waals surface area contributed by atoms with Crippen LogP contribution >= 0.6 is 0 Å². The summed E-state index contributed by atoms with van der Waals surface area (Å²) in [6, 6.07) is 9.97. The summed E-state index contributed by atoms with van der Waals surface area (Å²) in [7, 11) is 0. The Bertz CT molecular complexity index is 1210. The monoisotopic (exact) mass is 519 g/mol. The van der Waals surface area contributed by atoms with Gasteiger partial charge in [0, 0.05) is 29.8 Å². The molecule has 1 aromatic carbocycles. The van der Waals surface area contributed by atoms with Gasteiger partial charge in [0.15, 0.2) is 0 Å². The van der Waals surface area contributed by atoms with Gasteiger partial charge in [-0.15, -0.1) is 0 Å². The first-order chi connectivity index (χ1) is 18.5. The number of hydrogen-bond donors (Lipinski definition) is 0. The summed E-state index contributed by atoms with van der Waals surface area (Å²) in [6.45, 7) is 6.45. The van der Waals surface area contributed by atoms with Gasteiger partial charge >= 0.3 is 11.6 Å². The second kappa shape index (κ2) is 16.1. The third-order valence-electron chi connectivity index (χ3n) is 7.24. The Kier molecular flexibility index (Phi) is 12.5. The Labute approximate surface area is 228 Å². The summed E-state index contributed by atoms with van der Waals surface area (Å²) < 4.78 is 10.8. The van der Waals surface area contributed by atoms with E-state index in [0.717, 1.165) is 53.5 Å². The van der Waals surface area contributed by atoms with E-state index < -0.39 is 0 Å². The molecular weight excluding hydrogens is 474 g/mol. The molecule has 0 fully saturated rings. The summed E-state index contributed by atoms with van der Waals surface area (Å²) in [4.78, 5) is 28.4. The maximum Gasteiger partial charge on any atom is 0.344 e. The van der Waals surface area contributed by atoms with Crippen LogP contribution in [0.5, 0.6) is 0 Å². The summed E-state index contributed by atoms with van der Waals surface area (Å²) in [5.41, 5.74) is 5.02. The predicted octanol–water partition coefficient (Wildman–Crippen LogP) is 8.65. The van der Waals surface area contributed by atoms with Gasteiger partial charge in [-0.25, -0.2) is 4.79 Å². The number of carbonyl (C=O) groups is 1. The molecule has 0 atom stereocenters. The third kappa shape index (κ3) is 9.74. The van der Waals surface area contributed by atoms with E-state index in [0.29, 0.717) is 24.2 Å². The van der Waals surface area contributed by atoms with Crippen LogP contribution < -0.4 is 5.63 Å². The third-order valence-corrected chi connectivity index (χ3v) is 7.24. The highest BCUT2D eigenvalue weighted by Gasteiger charge is 2.11. The zero-order valence-corrected chi connectivity index (χ0v) is 23.7. The molecule has 3 aromatic rings. The molecule has 0 saturated heterocycles. The minimum Gasteiger partial charge on any atom is -0.466 e. The van der Waals surface area contributed by atoms with Gasteiger partial charge in [-0.1, -0.05) is 94.9 Å². The number of aryl methyl sites for hydroxylation is 3. The Morgan fingerprint density at radius 2 is 1.45 bits per heavy atom. The van der Waals surface area contributed by atoms with Crippen LogP contribution in [0, 0.1) is 13.8 Å². The molecule has 0 bridgehead atoms. The van der Waals surface area contributed by atoms with Crippen LogP contribution in [-0.2, 0) is 16.0 Å². The van der Waals surface area contributed by atoms with Crippen molar-refractivity contribution in [2.45, 2.75) is 111 Å². The smallest absolute Gasteiger partial charge is 0.344 e. The molecule has 5 heteroatoms. The molecule has 0 radical (unpaired) electrons. The number of ether oxygens (including phenoxy) is 1. The maximum absolute atomic E-state index is 12.7. The highest BCUT2D eigenvalue weighted by molar-refractivity contribution is 5.82. The molecule has 0 unspecified atom stereocenters. The Morgan fingerprint density at radius 1 is 0.816 bits per heavy atom.